The highest BCUT2D eigenvalue weighted by molar-refractivity contribution is 9.10. The molecule has 0 saturated carbocycles. The van der Waals surface area contributed by atoms with E-state index in [0.717, 1.165) is 15.8 Å². The molecule has 0 bridgehead atoms. The van der Waals surface area contributed by atoms with Gasteiger partial charge in [0.25, 0.3) is 5.82 Å². The highest BCUT2D eigenvalue weighted by Crippen LogP contribution is 2.23. The van der Waals surface area contributed by atoms with E-state index in [1.807, 2.05) is 61.5 Å². The van der Waals surface area contributed by atoms with Crippen molar-refractivity contribution in [3.63, 3.8) is 0 Å². The van der Waals surface area contributed by atoms with Crippen LogP contribution in [0.3, 0.4) is 0 Å². The predicted octanol–water partition coefficient (Wildman–Crippen LogP) is 5.14. The van der Waals surface area contributed by atoms with Crippen molar-refractivity contribution in [2.45, 2.75) is 6.92 Å². The maximum Gasteiger partial charge on any atom is 0.378 e. The number of carbonyl (C=O) groups is 2. The van der Waals surface area contributed by atoms with Gasteiger partial charge in [0, 0.05) is 15.6 Å². The lowest BCUT2D eigenvalue weighted by Crippen LogP contribution is -2.15. The monoisotopic (exact) mass is 505 g/mol. The third-order valence-electron chi connectivity index (χ3n) is 4.71. The standard InChI is InChI=1S/C25H20BrN3O4/c1-2-32-21-14-12-20(13-15-21)29-24(18-6-4-3-5-7-18)27-23(28-29)25(31)33-16-22(30)17-8-10-19(26)11-9-17/h3-15H,2,16H2,1H3. The number of halogens is 1. The smallest absolute Gasteiger partial charge is 0.378 e. The third-order valence-corrected chi connectivity index (χ3v) is 5.24. The molecule has 0 amide bonds. The second kappa shape index (κ2) is 10.2. The number of nitrogens with zero attached hydrogens (tertiary/aromatic N) is 3. The van der Waals surface area contributed by atoms with Crippen LogP contribution < -0.4 is 4.74 Å². The first-order valence-electron chi connectivity index (χ1n) is 10.3. The van der Waals surface area contributed by atoms with Crippen LogP contribution in [-0.2, 0) is 4.74 Å². The van der Waals surface area contributed by atoms with Crippen LogP contribution in [0.1, 0.15) is 27.9 Å². The van der Waals surface area contributed by atoms with E-state index in [0.29, 0.717) is 23.7 Å². The Morgan fingerprint density at radius 3 is 2.30 bits per heavy atom. The van der Waals surface area contributed by atoms with Crippen molar-refractivity contribution in [3.8, 4) is 22.8 Å². The van der Waals surface area contributed by atoms with Crippen molar-refractivity contribution >= 4 is 27.7 Å². The van der Waals surface area contributed by atoms with E-state index in [1.54, 1.807) is 28.9 Å². The van der Waals surface area contributed by atoms with Gasteiger partial charge < -0.3 is 9.47 Å². The lowest BCUT2D eigenvalue weighted by Gasteiger charge is -2.07. The molecule has 3 aromatic carbocycles. The highest BCUT2D eigenvalue weighted by Gasteiger charge is 2.21. The molecule has 0 atom stereocenters. The summed E-state index contributed by atoms with van der Waals surface area (Å²) in [6.45, 7) is 2.07. The summed E-state index contributed by atoms with van der Waals surface area (Å²) in [6.07, 6.45) is 0. The number of hydrogen-bond donors (Lipinski definition) is 0. The first-order valence-corrected chi connectivity index (χ1v) is 11.1. The number of hydrogen-bond acceptors (Lipinski definition) is 6. The van der Waals surface area contributed by atoms with Gasteiger partial charge in [-0.15, -0.1) is 5.10 Å². The zero-order valence-electron chi connectivity index (χ0n) is 17.8. The van der Waals surface area contributed by atoms with Crippen molar-refractivity contribution in [2.75, 3.05) is 13.2 Å². The molecular formula is C25H20BrN3O4. The summed E-state index contributed by atoms with van der Waals surface area (Å²) < 4.78 is 13.1. The Balaban J connectivity index is 1.58. The summed E-state index contributed by atoms with van der Waals surface area (Å²) in [7, 11) is 0. The normalized spacial score (nSPS) is 10.6. The van der Waals surface area contributed by atoms with Gasteiger partial charge in [0.15, 0.2) is 18.2 Å². The van der Waals surface area contributed by atoms with Gasteiger partial charge in [-0.05, 0) is 43.3 Å². The summed E-state index contributed by atoms with van der Waals surface area (Å²) in [5.41, 5.74) is 1.93. The molecule has 7 nitrogen and oxygen atoms in total. The van der Waals surface area contributed by atoms with Crippen molar-refractivity contribution in [3.05, 3.63) is 94.7 Å². The summed E-state index contributed by atoms with van der Waals surface area (Å²) >= 11 is 3.32. The fourth-order valence-electron chi connectivity index (χ4n) is 3.12. The minimum Gasteiger partial charge on any atom is -0.494 e. The van der Waals surface area contributed by atoms with Crippen LogP contribution in [0.25, 0.3) is 17.1 Å². The zero-order valence-corrected chi connectivity index (χ0v) is 19.4. The van der Waals surface area contributed by atoms with E-state index < -0.39 is 12.6 Å². The summed E-state index contributed by atoms with van der Waals surface area (Å²) in [5, 5.41) is 4.37. The lowest BCUT2D eigenvalue weighted by molar-refractivity contribution is 0.0462. The maximum absolute atomic E-state index is 12.7. The molecule has 0 N–H and O–H groups in total. The van der Waals surface area contributed by atoms with Crippen LogP contribution in [0.5, 0.6) is 5.75 Å². The van der Waals surface area contributed by atoms with Crippen molar-refractivity contribution < 1.29 is 19.1 Å². The molecule has 166 valence electrons. The molecule has 8 heteroatoms. The Morgan fingerprint density at radius 2 is 1.64 bits per heavy atom. The summed E-state index contributed by atoms with van der Waals surface area (Å²) in [4.78, 5) is 29.4. The van der Waals surface area contributed by atoms with E-state index in [4.69, 9.17) is 9.47 Å². The van der Waals surface area contributed by atoms with Crippen LogP contribution in [0.2, 0.25) is 0 Å². The topological polar surface area (TPSA) is 83.3 Å². The molecule has 0 aliphatic heterocycles. The van der Waals surface area contributed by atoms with Crippen LogP contribution in [-0.4, -0.2) is 39.7 Å². The van der Waals surface area contributed by atoms with Crippen LogP contribution >= 0.6 is 15.9 Å². The number of ether oxygens (including phenoxy) is 2. The third kappa shape index (κ3) is 5.35. The quantitative estimate of drug-likeness (QED) is 0.243. The largest absolute Gasteiger partial charge is 0.494 e. The van der Waals surface area contributed by atoms with Gasteiger partial charge in [0.05, 0.1) is 12.3 Å². The van der Waals surface area contributed by atoms with Crippen molar-refractivity contribution in [1.29, 1.82) is 0 Å². The molecule has 0 saturated heterocycles. The van der Waals surface area contributed by atoms with E-state index in [1.165, 1.54) is 0 Å². The highest BCUT2D eigenvalue weighted by atomic mass is 79.9. The summed E-state index contributed by atoms with van der Waals surface area (Å²) in [6, 6.07) is 23.5. The average Bonchev–Trinajstić information content (AvgIpc) is 3.30. The maximum atomic E-state index is 12.7. The van der Waals surface area contributed by atoms with E-state index in [2.05, 4.69) is 26.0 Å². The van der Waals surface area contributed by atoms with E-state index in [9.17, 15) is 9.59 Å². The Bertz CT molecular complexity index is 1250. The van der Waals surface area contributed by atoms with E-state index in [-0.39, 0.29) is 11.6 Å². The minimum atomic E-state index is -0.776. The van der Waals surface area contributed by atoms with Gasteiger partial charge in [-0.1, -0.05) is 58.4 Å². The van der Waals surface area contributed by atoms with Crippen LogP contribution in [0, 0.1) is 0 Å². The van der Waals surface area contributed by atoms with Gasteiger partial charge in [0.2, 0.25) is 0 Å². The Labute approximate surface area is 199 Å². The Hall–Kier alpha value is -3.78. The fourth-order valence-corrected chi connectivity index (χ4v) is 3.38. The fraction of sp³-hybridized carbons (Fsp3) is 0.120. The lowest BCUT2D eigenvalue weighted by atomic mass is 10.1. The van der Waals surface area contributed by atoms with Gasteiger partial charge in [-0.2, -0.15) is 0 Å². The van der Waals surface area contributed by atoms with Crippen molar-refractivity contribution in [1.82, 2.24) is 14.8 Å². The molecule has 33 heavy (non-hydrogen) atoms. The summed E-state index contributed by atoms with van der Waals surface area (Å²) in [5.74, 6) is -0.0154. The molecule has 0 radical (unpaired) electrons. The molecule has 4 rings (SSSR count). The predicted molar refractivity (Wildman–Crippen MR) is 127 cm³/mol. The number of benzene rings is 3. The molecule has 0 aliphatic rings. The number of Topliss-reactive ketones (excluding diaryl/α,β-unsaturated/α-hetero) is 1. The average molecular weight is 506 g/mol. The first-order chi connectivity index (χ1) is 16.0. The zero-order chi connectivity index (χ0) is 23.2. The SMILES string of the molecule is CCOc1ccc(-n2nc(C(=O)OCC(=O)c3ccc(Br)cc3)nc2-c2ccccc2)cc1. The molecule has 1 heterocycles. The van der Waals surface area contributed by atoms with Crippen LogP contribution in [0.15, 0.2) is 83.3 Å². The van der Waals surface area contributed by atoms with Gasteiger partial charge >= 0.3 is 5.97 Å². The van der Waals surface area contributed by atoms with Crippen LogP contribution in [0.4, 0.5) is 0 Å². The van der Waals surface area contributed by atoms with Gasteiger partial charge in [-0.3, -0.25) is 4.79 Å². The second-order valence-electron chi connectivity index (χ2n) is 6.97. The molecule has 0 unspecified atom stereocenters. The molecule has 4 aromatic rings. The molecule has 0 aliphatic carbocycles. The Morgan fingerprint density at radius 1 is 0.939 bits per heavy atom. The molecular weight excluding hydrogens is 486 g/mol. The molecule has 0 fully saturated rings. The first kappa shape index (κ1) is 22.4. The number of rotatable bonds is 8. The number of esters is 1. The number of ketones is 1. The number of aromatic nitrogens is 3. The Kier molecular flexibility index (Phi) is 6.95. The van der Waals surface area contributed by atoms with Gasteiger partial charge in [0.1, 0.15) is 5.75 Å². The van der Waals surface area contributed by atoms with Crippen molar-refractivity contribution in [2.24, 2.45) is 0 Å². The minimum absolute atomic E-state index is 0.133. The molecule has 0 spiro atoms. The molecule has 1 aromatic heterocycles. The number of carbonyl (C=O) groups excluding carboxylic acids is 2. The second-order valence-corrected chi connectivity index (χ2v) is 7.89. The van der Waals surface area contributed by atoms with E-state index >= 15 is 0 Å². The van der Waals surface area contributed by atoms with Gasteiger partial charge in [-0.25, -0.2) is 14.5 Å².